The lowest BCUT2D eigenvalue weighted by Gasteiger charge is -2.29. The number of nitrogens with zero attached hydrogens (tertiary/aromatic N) is 1. The van der Waals surface area contributed by atoms with Crippen LogP contribution in [0.15, 0.2) is 0 Å². The van der Waals surface area contributed by atoms with Crippen molar-refractivity contribution >= 4 is 0 Å². The summed E-state index contributed by atoms with van der Waals surface area (Å²) in [5.74, 6) is 4.62. The van der Waals surface area contributed by atoms with Crippen LogP contribution in [0.4, 0.5) is 0 Å². The third-order valence-corrected chi connectivity index (χ3v) is 5.08. The molecule has 1 aliphatic rings. The quantitative estimate of drug-likeness (QED) is 0.448. The molecule has 0 N–H and O–H groups in total. The van der Waals surface area contributed by atoms with Crippen molar-refractivity contribution in [3.63, 3.8) is 0 Å². The van der Waals surface area contributed by atoms with Crippen LogP contribution in [0, 0.1) is 29.6 Å². The summed E-state index contributed by atoms with van der Waals surface area (Å²) >= 11 is 0. The van der Waals surface area contributed by atoms with Gasteiger partial charge >= 0.3 is 0 Å². The van der Waals surface area contributed by atoms with E-state index in [0.717, 1.165) is 29.6 Å². The minimum atomic E-state index is 0.880. The van der Waals surface area contributed by atoms with Crippen LogP contribution in [0.25, 0.3) is 0 Å². The third kappa shape index (κ3) is 21.9. The molecule has 0 radical (unpaired) electrons. The number of likely N-dealkylation sites (tertiary alicyclic amines) is 1. The van der Waals surface area contributed by atoms with E-state index in [-0.39, 0.29) is 0 Å². The Kier molecular flexibility index (Phi) is 18.9. The zero-order chi connectivity index (χ0) is 19.8. The van der Waals surface area contributed by atoms with Gasteiger partial charge in [0, 0.05) is 0 Å². The second-order valence-corrected chi connectivity index (χ2v) is 9.70. The van der Waals surface area contributed by atoms with Gasteiger partial charge in [0.05, 0.1) is 0 Å². The first-order valence-corrected chi connectivity index (χ1v) is 11.3. The van der Waals surface area contributed by atoms with Crippen molar-refractivity contribution in [3.05, 3.63) is 0 Å². The smallest absolute Gasteiger partial charge is 0.00191 e. The Hall–Kier alpha value is -0.0400. The number of hydrogen-bond acceptors (Lipinski definition) is 1. The first-order chi connectivity index (χ1) is 11.6. The molecule has 0 saturated carbocycles. The fraction of sp³-hybridized carbons (Fsp3) is 1.00. The van der Waals surface area contributed by atoms with E-state index < -0.39 is 0 Å². The lowest BCUT2D eigenvalue weighted by molar-refractivity contribution is 0.201. The molecule has 1 rings (SSSR count). The van der Waals surface area contributed by atoms with Gasteiger partial charge in [-0.2, -0.15) is 0 Å². The van der Waals surface area contributed by atoms with E-state index in [0.29, 0.717) is 0 Å². The molecular weight excluding hydrogens is 302 g/mol. The molecule has 25 heavy (non-hydrogen) atoms. The van der Waals surface area contributed by atoms with Crippen LogP contribution < -0.4 is 0 Å². The van der Waals surface area contributed by atoms with Gasteiger partial charge in [0.2, 0.25) is 0 Å². The summed E-state index contributed by atoms with van der Waals surface area (Å²) < 4.78 is 0. The number of piperidine rings is 1. The zero-order valence-electron chi connectivity index (χ0n) is 19.7. The first kappa shape index (κ1) is 27.2. The SMILES string of the molecule is CC(C)CC1CCN(C)CC1.CCC(C)CC(C)C.CCCC(C)C. The molecule has 0 aromatic heterocycles. The van der Waals surface area contributed by atoms with Gasteiger partial charge in [-0.25, -0.2) is 0 Å². The molecule has 0 aromatic carbocycles. The molecule has 1 nitrogen and oxygen atoms in total. The Labute approximate surface area is 162 Å². The highest BCUT2D eigenvalue weighted by Gasteiger charge is 2.16. The van der Waals surface area contributed by atoms with Crippen LogP contribution >= 0.6 is 0 Å². The van der Waals surface area contributed by atoms with Gasteiger partial charge in [-0.05, 0) is 75.4 Å². The average molecular weight is 356 g/mol. The maximum atomic E-state index is 2.44. The van der Waals surface area contributed by atoms with Crippen LogP contribution in [-0.2, 0) is 0 Å². The molecule has 0 bridgehead atoms. The molecule has 1 atom stereocenters. The van der Waals surface area contributed by atoms with E-state index in [4.69, 9.17) is 0 Å². The Balaban J connectivity index is 0. The van der Waals surface area contributed by atoms with E-state index >= 15 is 0 Å². The van der Waals surface area contributed by atoms with Crippen molar-refractivity contribution < 1.29 is 0 Å². The van der Waals surface area contributed by atoms with Crippen LogP contribution in [0.5, 0.6) is 0 Å². The zero-order valence-corrected chi connectivity index (χ0v) is 19.7. The fourth-order valence-corrected chi connectivity index (χ4v) is 3.51. The molecule has 1 unspecified atom stereocenters. The Bertz CT molecular complexity index is 249. The molecule has 1 aliphatic heterocycles. The third-order valence-electron chi connectivity index (χ3n) is 5.08. The minimum Gasteiger partial charge on any atom is -0.306 e. The number of rotatable bonds is 7. The monoisotopic (exact) mass is 355 g/mol. The molecule has 1 heterocycles. The second-order valence-electron chi connectivity index (χ2n) is 9.70. The lowest BCUT2D eigenvalue weighted by atomic mass is 9.89. The summed E-state index contributed by atoms with van der Waals surface area (Å²) in [6.45, 7) is 23.2. The van der Waals surface area contributed by atoms with Crippen molar-refractivity contribution in [2.75, 3.05) is 20.1 Å². The normalized spacial score (nSPS) is 17.2. The van der Waals surface area contributed by atoms with Crippen LogP contribution in [0.3, 0.4) is 0 Å². The molecule has 0 aliphatic carbocycles. The van der Waals surface area contributed by atoms with Gasteiger partial charge in [-0.1, -0.05) is 81.6 Å². The lowest BCUT2D eigenvalue weighted by Crippen LogP contribution is -2.30. The highest BCUT2D eigenvalue weighted by atomic mass is 15.1. The molecule has 1 saturated heterocycles. The highest BCUT2D eigenvalue weighted by Crippen LogP contribution is 2.22. The largest absolute Gasteiger partial charge is 0.306 e. The number of hydrogen-bond donors (Lipinski definition) is 0. The maximum Gasteiger partial charge on any atom is -0.00191 e. The van der Waals surface area contributed by atoms with E-state index in [1.807, 2.05) is 0 Å². The van der Waals surface area contributed by atoms with Gasteiger partial charge in [0.1, 0.15) is 0 Å². The van der Waals surface area contributed by atoms with Crippen molar-refractivity contribution in [3.8, 4) is 0 Å². The van der Waals surface area contributed by atoms with Crippen molar-refractivity contribution in [1.82, 2.24) is 4.90 Å². The summed E-state index contributed by atoms with van der Waals surface area (Å²) in [6, 6.07) is 0. The Morgan fingerprint density at radius 3 is 1.56 bits per heavy atom. The topological polar surface area (TPSA) is 3.24 Å². The van der Waals surface area contributed by atoms with Gasteiger partial charge < -0.3 is 4.90 Å². The van der Waals surface area contributed by atoms with Crippen LogP contribution in [-0.4, -0.2) is 25.0 Å². The van der Waals surface area contributed by atoms with E-state index in [2.05, 4.69) is 74.3 Å². The first-order valence-electron chi connectivity index (χ1n) is 11.3. The summed E-state index contributed by atoms with van der Waals surface area (Å²) in [5.41, 5.74) is 0. The highest BCUT2D eigenvalue weighted by molar-refractivity contribution is 4.70. The average Bonchev–Trinajstić information content (AvgIpc) is 2.49. The van der Waals surface area contributed by atoms with Gasteiger partial charge in [0.25, 0.3) is 0 Å². The summed E-state index contributed by atoms with van der Waals surface area (Å²) in [7, 11) is 2.23. The standard InChI is InChI=1S/C10H21N.C8H18.C6H14/c1-9(2)8-10-4-6-11(3)7-5-10;1-5-8(4)6-7(2)3;1-4-5-6(2)3/h9-10H,4-8H2,1-3H3;7-8H,5-6H2,1-4H3;6H,4-5H2,1-3H3. The maximum absolute atomic E-state index is 2.44. The van der Waals surface area contributed by atoms with Crippen molar-refractivity contribution in [1.29, 1.82) is 0 Å². The minimum absolute atomic E-state index is 0.880. The van der Waals surface area contributed by atoms with Crippen molar-refractivity contribution in [2.45, 2.75) is 107 Å². The van der Waals surface area contributed by atoms with E-state index in [9.17, 15) is 0 Å². The van der Waals surface area contributed by atoms with E-state index in [1.165, 1.54) is 58.0 Å². The summed E-state index contributed by atoms with van der Waals surface area (Å²) in [6.07, 6.45) is 9.71. The summed E-state index contributed by atoms with van der Waals surface area (Å²) in [5, 5.41) is 0. The van der Waals surface area contributed by atoms with E-state index in [1.54, 1.807) is 0 Å². The Morgan fingerprint density at radius 1 is 0.800 bits per heavy atom. The van der Waals surface area contributed by atoms with Gasteiger partial charge in [-0.15, -0.1) is 0 Å². The predicted molar refractivity (Wildman–Crippen MR) is 118 cm³/mol. The molecule has 154 valence electrons. The fourth-order valence-electron chi connectivity index (χ4n) is 3.51. The molecule has 0 spiro atoms. The molecular formula is C24H53N. The predicted octanol–water partition coefficient (Wildman–Crippen LogP) is 7.90. The van der Waals surface area contributed by atoms with Crippen molar-refractivity contribution in [2.24, 2.45) is 29.6 Å². The second kappa shape index (κ2) is 17.4. The molecule has 0 aromatic rings. The van der Waals surface area contributed by atoms with Crippen LogP contribution in [0.1, 0.15) is 107 Å². The summed E-state index contributed by atoms with van der Waals surface area (Å²) in [4.78, 5) is 2.44. The molecule has 0 amide bonds. The van der Waals surface area contributed by atoms with Crippen LogP contribution in [0.2, 0.25) is 0 Å². The van der Waals surface area contributed by atoms with Gasteiger partial charge in [0.15, 0.2) is 0 Å². The molecule has 1 fully saturated rings. The molecule has 1 heteroatoms. The Morgan fingerprint density at radius 2 is 1.32 bits per heavy atom. The van der Waals surface area contributed by atoms with Gasteiger partial charge in [-0.3, -0.25) is 0 Å².